The van der Waals surface area contributed by atoms with Gasteiger partial charge in [-0.2, -0.15) is 0 Å². The molecule has 0 spiro atoms. The first-order valence-corrected chi connectivity index (χ1v) is 16.7. The number of carbonyl (C=O) groups excluding carboxylic acids is 1. The number of aromatic nitrogens is 5. The lowest BCUT2D eigenvalue weighted by Gasteiger charge is -2.20. The van der Waals surface area contributed by atoms with Crippen LogP contribution in [0.5, 0.6) is 5.88 Å². The Morgan fingerprint density at radius 2 is 1.67 bits per heavy atom. The number of pyridine rings is 1. The number of halogens is 2. The zero-order valence-corrected chi connectivity index (χ0v) is 28.9. The molecule has 0 bridgehead atoms. The van der Waals surface area contributed by atoms with Crippen LogP contribution >= 0.6 is 23.2 Å². The lowest BCUT2D eigenvalue weighted by molar-refractivity contribution is -0.119. The fraction of sp³-hybridized carbons (Fsp3) is 0.314. The standard InChI is InChI=1S/C35H34Cl2N8O4/c1-17-39-31(28-32(40-17)44(2)35(48)45(3)34(28)47)42-24-10-6-8-21(30(24)37)20-7-5-9-22(29(20)36)25-15-18-11-13-23(27(18)33(43-25)49-4)38-16-19-12-14-26(46)41-19/h5-10,15,19,23,38H,11-14,16H2,1-4H3,(H,41,46)(H,39,40,42)/t19-,23?/m0/s1. The molecule has 12 nitrogen and oxygen atoms in total. The third kappa shape index (κ3) is 5.83. The van der Waals surface area contributed by atoms with E-state index in [0.717, 1.165) is 40.5 Å². The van der Waals surface area contributed by atoms with Crippen molar-refractivity contribution in [2.75, 3.05) is 19.0 Å². The molecule has 252 valence electrons. The van der Waals surface area contributed by atoms with Gasteiger partial charge >= 0.3 is 5.69 Å². The number of nitrogens with zero attached hydrogens (tertiary/aromatic N) is 5. The fourth-order valence-electron chi connectivity index (χ4n) is 6.78. The van der Waals surface area contributed by atoms with Gasteiger partial charge in [0, 0.05) is 61.4 Å². The number of methoxy groups -OCH3 is 1. The zero-order chi connectivity index (χ0) is 34.6. The first kappa shape index (κ1) is 32.8. The fourth-order valence-corrected chi connectivity index (χ4v) is 7.38. The minimum atomic E-state index is -0.523. The molecular weight excluding hydrogens is 667 g/mol. The number of ether oxygens (including phenoxy) is 1. The van der Waals surface area contributed by atoms with Gasteiger partial charge in [-0.05, 0) is 43.9 Å². The van der Waals surface area contributed by atoms with E-state index in [0.29, 0.717) is 57.2 Å². The quantitative estimate of drug-likeness (QED) is 0.204. The predicted molar refractivity (Wildman–Crippen MR) is 190 cm³/mol. The molecule has 1 fully saturated rings. The molecular formula is C35H34Cl2N8O4. The van der Waals surface area contributed by atoms with Gasteiger partial charge in [0.1, 0.15) is 17.0 Å². The summed E-state index contributed by atoms with van der Waals surface area (Å²) in [6.07, 6.45) is 3.14. The SMILES string of the molecule is COc1nc(-c2cccc(-c3cccc(Nc4nc(C)nc5c4c(=O)n(C)c(=O)n5C)c3Cl)c2Cl)cc2c1C(NC[C@@H]1CCC(=O)N1)CC2. The Morgan fingerprint density at radius 1 is 0.939 bits per heavy atom. The number of benzene rings is 2. The second-order valence-electron chi connectivity index (χ2n) is 12.4. The number of hydrogen-bond acceptors (Lipinski definition) is 9. The summed E-state index contributed by atoms with van der Waals surface area (Å²) in [5.74, 6) is 1.25. The second-order valence-corrected chi connectivity index (χ2v) is 13.1. The van der Waals surface area contributed by atoms with E-state index in [1.165, 1.54) is 11.6 Å². The van der Waals surface area contributed by atoms with Gasteiger partial charge < -0.3 is 20.7 Å². The van der Waals surface area contributed by atoms with Crippen molar-refractivity contribution in [3.05, 3.63) is 90.3 Å². The summed E-state index contributed by atoms with van der Waals surface area (Å²) in [4.78, 5) is 51.2. The van der Waals surface area contributed by atoms with Crippen LogP contribution in [-0.4, -0.2) is 49.7 Å². The highest BCUT2D eigenvalue weighted by atomic mass is 35.5. The summed E-state index contributed by atoms with van der Waals surface area (Å²) in [5, 5.41) is 10.8. The summed E-state index contributed by atoms with van der Waals surface area (Å²) in [6, 6.07) is 13.4. The molecule has 3 N–H and O–H groups in total. The molecule has 3 aromatic heterocycles. The highest BCUT2D eigenvalue weighted by Gasteiger charge is 2.30. The molecule has 1 amide bonds. The number of amides is 1. The van der Waals surface area contributed by atoms with Crippen LogP contribution in [0.25, 0.3) is 33.4 Å². The summed E-state index contributed by atoms with van der Waals surface area (Å²) >= 11 is 14.2. The largest absolute Gasteiger partial charge is 0.481 e. The molecule has 0 radical (unpaired) electrons. The van der Waals surface area contributed by atoms with Gasteiger partial charge in [-0.25, -0.2) is 19.7 Å². The number of rotatable bonds is 8. The van der Waals surface area contributed by atoms with Crippen LogP contribution in [0.4, 0.5) is 11.5 Å². The monoisotopic (exact) mass is 700 g/mol. The van der Waals surface area contributed by atoms with Crippen LogP contribution in [0.3, 0.4) is 0 Å². The van der Waals surface area contributed by atoms with Gasteiger partial charge in [0.2, 0.25) is 11.8 Å². The Labute approximate surface area is 291 Å². The molecule has 2 aliphatic rings. The van der Waals surface area contributed by atoms with E-state index < -0.39 is 11.2 Å². The van der Waals surface area contributed by atoms with E-state index in [2.05, 4.69) is 32.0 Å². The number of hydrogen-bond donors (Lipinski definition) is 3. The molecule has 1 unspecified atom stereocenters. The molecule has 2 atom stereocenters. The second kappa shape index (κ2) is 12.9. The third-order valence-corrected chi connectivity index (χ3v) is 10.1. The number of carbonyl (C=O) groups is 1. The lowest BCUT2D eigenvalue weighted by Crippen LogP contribution is -2.37. The van der Waals surface area contributed by atoms with E-state index in [4.69, 9.17) is 32.9 Å². The van der Waals surface area contributed by atoms with Gasteiger partial charge in [0.15, 0.2) is 5.65 Å². The molecule has 5 aromatic rings. The Morgan fingerprint density at radius 3 is 2.41 bits per heavy atom. The number of aryl methyl sites for hydroxylation is 3. The van der Waals surface area contributed by atoms with E-state index in [1.54, 1.807) is 27.1 Å². The van der Waals surface area contributed by atoms with Crippen LogP contribution < -0.4 is 31.9 Å². The van der Waals surface area contributed by atoms with E-state index in [1.807, 2.05) is 30.3 Å². The summed E-state index contributed by atoms with van der Waals surface area (Å²) < 4.78 is 8.14. The third-order valence-electron chi connectivity index (χ3n) is 9.28. The van der Waals surface area contributed by atoms with Crippen molar-refractivity contribution in [3.8, 4) is 28.3 Å². The number of nitrogens with one attached hydrogen (secondary N) is 3. The highest BCUT2D eigenvalue weighted by molar-refractivity contribution is 6.39. The average Bonchev–Trinajstić information content (AvgIpc) is 3.71. The van der Waals surface area contributed by atoms with Crippen molar-refractivity contribution in [1.82, 2.24) is 34.7 Å². The number of fused-ring (bicyclic) bond motifs is 2. The molecule has 1 aliphatic carbocycles. The maximum Gasteiger partial charge on any atom is 0.332 e. The smallest absolute Gasteiger partial charge is 0.332 e. The first-order chi connectivity index (χ1) is 23.5. The zero-order valence-electron chi connectivity index (χ0n) is 27.4. The van der Waals surface area contributed by atoms with E-state index in [-0.39, 0.29) is 34.8 Å². The van der Waals surface area contributed by atoms with Crippen molar-refractivity contribution in [2.45, 2.75) is 44.7 Å². The summed E-state index contributed by atoms with van der Waals surface area (Å²) in [7, 11) is 4.59. The maximum absolute atomic E-state index is 13.2. The average molecular weight is 702 g/mol. The van der Waals surface area contributed by atoms with Crippen molar-refractivity contribution in [3.63, 3.8) is 0 Å². The lowest BCUT2D eigenvalue weighted by atomic mass is 9.99. The highest BCUT2D eigenvalue weighted by Crippen LogP contribution is 2.44. The Kier molecular flexibility index (Phi) is 8.64. The van der Waals surface area contributed by atoms with Crippen LogP contribution in [-0.2, 0) is 25.3 Å². The summed E-state index contributed by atoms with van der Waals surface area (Å²) in [5.41, 5.74) is 4.62. The van der Waals surface area contributed by atoms with Crippen LogP contribution in [0.2, 0.25) is 10.0 Å². The molecule has 1 saturated heterocycles. The molecule has 7 rings (SSSR count). The van der Waals surface area contributed by atoms with Gasteiger partial charge in [0.05, 0.1) is 28.5 Å². The van der Waals surface area contributed by atoms with Crippen molar-refractivity contribution < 1.29 is 9.53 Å². The Hall–Kier alpha value is -4.78. The minimum absolute atomic E-state index is 0.0701. The van der Waals surface area contributed by atoms with E-state index >= 15 is 0 Å². The van der Waals surface area contributed by atoms with Crippen LogP contribution in [0.1, 0.15) is 42.3 Å². The molecule has 49 heavy (non-hydrogen) atoms. The van der Waals surface area contributed by atoms with Crippen LogP contribution in [0.15, 0.2) is 52.1 Å². The molecule has 2 aromatic carbocycles. The van der Waals surface area contributed by atoms with Gasteiger partial charge in [-0.3, -0.25) is 18.7 Å². The minimum Gasteiger partial charge on any atom is -0.481 e. The molecule has 1 aliphatic heterocycles. The van der Waals surface area contributed by atoms with Crippen molar-refractivity contribution in [1.29, 1.82) is 0 Å². The van der Waals surface area contributed by atoms with Gasteiger partial charge in [0.25, 0.3) is 5.56 Å². The van der Waals surface area contributed by atoms with Gasteiger partial charge in [-0.1, -0.05) is 53.5 Å². The van der Waals surface area contributed by atoms with Gasteiger partial charge in [-0.15, -0.1) is 0 Å². The first-order valence-electron chi connectivity index (χ1n) is 16.0. The normalized spacial score (nSPS) is 17.0. The van der Waals surface area contributed by atoms with Crippen LogP contribution in [0, 0.1) is 6.92 Å². The predicted octanol–water partition coefficient (Wildman–Crippen LogP) is 4.98. The molecule has 14 heteroatoms. The molecule has 0 saturated carbocycles. The van der Waals surface area contributed by atoms with E-state index in [9.17, 15) is 14.4 Å². The van der Waals surface area contributed by atoms with Crippen molar-refractivity contribution in [2.24, 2.45) is 14.1 Å². The maximum atomic E-state index is 13.2. The number of anilines is 2. The Balaban J connectivity index is 1.23. The summed E-state index contributed by atoms with van der Waals surface area (Å²) in [6.45, 7) is 2.37. The molecule has 4 heterocycles. The Bertz CT molecular complexity index is 2290. The topological polar surface area (TPSA) is 145 Å². The van der Waals surface area contributed by atoms with Crippen molar-refractivity contribution >= 4 is 51.6 Å².